The lowest BCUT2D eigenvalue weighted by atomic mass is 10.1. The lowest BCUT2D eigenvalue weighted by Crippen LogP contribution is -2.39. The first-order chi connectivity index (χ1) is 11.2. The van der Waals surface area contributed by atoms with Gasteiger partial charge in [-0.15, -0.1) is 0 Å². The summed E-state index contributed by atoms with van der Waals surface area (Å²) in [7, 11) is 1.68. The molecular weight excluding hydrogens is 292 g/mol. The molecular formula is C18H28N2O3. The number of hydrogen-bond acceptors (Lipinski definition) is 4. The van der Waals surface area contributed by atoms with Crippen molar-refractivity contribution in [2.24, 2.45) is 5.92 Å². The summed E-state index contributed by atoms with van der Waals surface area (Å²) in [5.41, 5.74) is 1.18. The van der Waals surface area contributed by atoms with Gasteiger partial charge in [0, 0.05) is 38.0 Å². The van der Waals surface area contributed by atoms with Crippen molar-refractivity contribution >= 4 is 11.6 Å². The van der Waals surface area contributed by atoms with Crippen molar-refractivity contribution in [1.82, 2.24) is 5.32 Å². The minimum absolute atomic E-state index is 0.00850. The summed E-state index contributed by atoms with van der Waals surface area (Å²) in [6.07, 6.45) is 1.47. The quantitative estimate of drug-likeness (QED) is 0.799. The van der Waals surface area contributed by atoms with Gasteiger partial charge in [-0.3, -0.25) is 4.79 Å². The Bertz CT molecular complexity index is 507. The van der Waals surface area contributed by atoms with E-state index in [4.69, 9.17) is 9.47 Å². The first-order valence-electron chi connectivity index (χ1n) is 8.46. The van der Waals surface area contributed by atoms with Crippen molar-refractivity contribution in [3.8, 4) is 5.75 Å². The molecule has 128 valence electrons. The maximum Gasteiger partial charge on any atom is 0.249 e. The summed E-state index contributed by atoms with van der Waals surface area (Å²) in [5.74, 6) is 1.36. The van der Waals surface area contributed by atoms with Gasteiger partial charge in [0.2, 0.25) is 5.91 Å². The van der Waals surface area contributed by atoms with Crippen molar-refractivity contribution in [3.63, 3.8) is 0 Å². The fourth-order valence-electron chi connectivity index (χ4n) is 2.98. The molecule has 1 saturated heterocycles. The van der Waals surface area contributed by atoms with Crippen LogP contribution < -0.4 is 15.0 Å². The maximum absolute atomic E-state index is 12.1. The van der Waals surface area contributed by atoms with Gasteiger partial charge in [-0.25, -0.2) is 0 Å². The Hall–Kier alpha value is -1.75. The van der Waals surface area contributed by atoms with Crippen LogP contribution in [0, 0.1) is 5.92 Å². The Balaban J connectivity index is 1.82. The molecule has 2 atom stereocenters. The molecule has 1 aliphatic heterocycles. The Labute approximate surface area is 139 Å². The zero-order chi connectivity index (χ0) is 16.7. The molecule has 1 N–H and O–H groups in total. The van der Waals surface area contributed by atoms with E-state index in [9.17, 15) is 4.79 Å². The molecule has 0 saturated carbocycles. The van der Waals surface area contributed by atoms with E-state index in [1.165, 1.54) is 5.69 Å². The summed E-state index contributed by atoms with van der Waals surface area (Å²) in [5, 5.41) is 3.04. The molecule has 2 rings (SSSR count). The minimum Gasteiger partial charge on any atom is -0.497 e. The predicted octanol–water partition coefficient (Wildman–Crippen LogP) is 2.45. The van der Waals surface area contributed by atoms with E-state index in [0.717, 1.165) is 25.3 Å². The zero-order valence-electron chi connectivity index (χ0n) is 14.4. The van der Waals surface area contributed by atoms with Crippen LogP contribution in [0.4, 0.5) is 5.69 Å². The fourth-order valence-corrected chi connectivity index (χ4v) is 2.98. The van der Waals surface area contributed by atoms with Crippen molar-refractivity contribution < 1.29 is 14.3 Å². The number of ether oxygens (including phenoxy) is 2. The number of nitrogens with zero attached hydrogens (tertiary/aromatic N) is 1. The van der Waals surface area contributed by atoms with Gasteiger partial charge in [-0.2, -0.15) is 0 Å². The lowest BCUT2D eigenvalue weighted by molar-refractivity contribution is -0.132. The molecule has 0 spiro atoms. The predicted molar refractivity (Wildman–Crippen MR) is 92.0 cm³/mol. The van der Waals surface area contributed by atoms with E-state index >= 15 is 0 Å². The molecule has 5 nitrogen and oxygen atoms in total. The molecule has 0 aliphatic carbocycles. The van der Waals surface area contributed by atoms with Gasteiger partial charge in [0.1, 0.15) is 11.9 Å². The van der Waals surface area contributed by atoms with Gasteiger partial charge >= 0.3 is 0 Å². The van der Waals surface area contributed by atoms with Crippen molar-refractivity contribution in [2.75, 3.05) is 38.3 Å². The molecule has 5 heteroatoms. The highest BCUT2D eigenvalue weighted by molar-refractivity contribution is 5.80. The van der Waals surface area contributed by atoms with Crippen molar-refractivity contribution in [1.29, 1.82) is 0 Å². The molecule has 0 bridgehead atoms. The highest BCUT2D eigenvalue weighted by Crippen LogP contribution is 2.26. The first-order valence-corrected chi connectivity index (χ1v) is 8.46. The first kappa shape index (κ1) is 17.6. The average Bonchev–Trinajstić information content (AvgIpc) is 3.06. The second-order valence-electron chi connectivity index (χ2n) is 5.90. The standard InChI is InChI=1S/C18H28N2O3/c1-4-17(23-5-2)18(21)19-12-14-9-10-20(13-14)15-7-6-8-16(11-15)22-3/h6-8,11,14,17H,4-5,9-10,12-13H2,1-3H3,(H,19,21)/t14-,17-/m0/s1. The van der Waals surface area contributed by atoms with E-state index in [-0.39, 0.29) is 12.0 Å². The van der Waals surface area contributed by atoms with Gasteiger partial charge in [0.05, 0.1) is 7.11 Å². The number of carbonyl (C=O) groups is 1. The van der Waals surface area contributed by atoms with Crippen molar-refractivity contribution in [2.45, 2.75) is 32.8 Å². The third kappa shape index (κ3) is 4.86. The van der Waals surface area contributed by atoms with E-state index in [1.54, 1.807) is 7.11 Å². The van der Waals surface area contributed by atoms with Crippen LogP contribution in [0.25, 0.3) is 0 Å². The van der Waals surface area contributed by atoms with Crippen LogP contribution in [-0.4, -0.2) is 45.4 Å². The number of nitrogens with one attached hydrogen (secondary N) is 1. The van der Waals surface area contributed by atoms with Crippen LogP contribution in [0.3, 0.4) is 0 Å². The molecule has 1 aromatic rings. The molecule has 0 radical (unpaired) electrons. The van der Waals surface area contributed by atoms with Gasteiger partial charge in [0.25, 0.3) is 0 Å². The summed E-state index contributed by atoms with van der Waals surface area (Å²) in [6.45, 7) is 7.13. The Morgan fingerprint density at radius 1 is 1.43 bits per heavy atom. The summed E-state index contributed by atoms with van der Waals surface area (Å²) < 4.78 is 10.7. The third-order valence-electron chi connectivity index (χ3n) is 4.30. The fraction of sp³-hybridized carbons (Fsp3) is 0.611. The molecule has 1 amide bonds. The van der Waals surface area contributed by atoms with E-state index in [2.05, 4.69) is 22.3 Å². The monoisotopic (exact) mass is 320 g/mol. The molecule has 23 heavy (non-hydrogen) atoms. The van der Waals surface area contributed by atoms with Gasteiger partial charge in [-0.05, 0) is 37.8 Å². The van der Waals surface area contributed by atoms with E-state index in [1.807, 2.05) is 26.0 Å². The molecule has 1 fully saturated rings. The molecule has 1 heterocycles. The van der Waals surface area contributed by atoms with E-state index in [0.29, 0.717) is 25.5 Å². The third-order valence-corrected chi connectivity index (χ3v) is 4.30. The normalized spacial score (nSPS) is 18.7. The Kier molecular flexibility index (Phi) is 6.71. The highest BCUT2D eigenvalue weighted by Gasteiger charge is 2.24. The molecule has 0 aromatic heterocycles. The summed E-state index contributed by atoms with van der Waals surface area (Å²) >= 11 is 0. The number of carbonyl (C=O) groups excluding carboxylic acids is 1. The second-order valence-corrected chi connectivity index (χ2v) is 5.90. The maximum atomic E-state index is 12.1. The van der Waals surface area contributed by atoms with Gasteiger partial charge in [0.15, 0.2) is 0 Å². The number of benzene rings is 1. The number of amides is 1. The van der Waals surface area contributed by atoms with Crippen molar-refractivity contribution in [3.05, 3.63) is 24.3 Å². The van der Waals surface area contributed by atoms with Crippen LogP contribution in [0.1, 0.15) is 26.7 Å². The average molecular weight is 320 g/mol. The number of hydrogen-bond donors (Lipinski definition) is 1. The smallest absolute Gasteiger partial charge is 0.249 e. The second kappa shape index (κ2) is 8.77. The Morgan fingerprint density at radius 3 is 2.96 bits per heavy atom. The SMILES string of the molecule is CCO[C@@H](CC)C(=O)NC[C@@H]1CCN(c2cccc(OC)c2)C1. The molecule has 0 unspecified atom stereocenters. The topological polar surface area (TPSA) is 50.8 Å². The zero-order valence-corrected chi connectivity index (χ0v) is 14.4. The van der Waals surface area contributed by atoms with Gasteiger partial charge in [-0.1, -0.05) is 13.0 Å². The summed E-state index contributed by atoms with van der Waals surface area (Å²) in [6, 6.07) is 8.13. The summed E-state index contributed by atoms with van der Waals surface area (Å²) in [4.78, 5) is 14.4. The van der Waals surface area contributed by atoms with Crippen LogP contribution in [0.15, 0.2) is 24.3 Å². The Morgan fingerprint density at radius 2 is 2.26 bits per heavy atom. The molecule has 1 aliphatic rings. The van der Waals surface area contributed by atoms with Crippen LogP contribution in [0.5, 0.6) is 5.75 Å². The number of rotatable bonds is 8. The van der Waals surface area contributed by atoms with E-state index < -0.39 is 0 Å². The van der Waals surface area contributed by atoms with Gasteiger partial charge < -0.3 is 19.7 Å². The number of methoxy groups -OCH3 is 1. The lowest BCUT2D eigenvalue weighted by Gasteiger charge is -2.20. The minimum atomic E-state index is -0.323. The van der Waals surface area contributed by atoms with Crippen LogP contribution >= 0.6 is 0 Å². The molecule has 1 aromatic carbocycles. The highest BCUT2D eigenvalue weighted by atomic mass is 16.5. The largest absolute Gasteiger partial charge is 0.497 e. The van der Waals surface area contributed by atoms with Crippen LogP contribution in [-0.2, 0) is 9.53 Å². The van der Waals surface area contributed by atoms with Crippen LogP contribution in [0.2, 0.25) is 0 Å². The number of anilines is 1.